The maximum Gasteiger partial charge on any atom is -0.0100 e. The molecule has 0 N–H and O–H groups in total. The van der Waals surface area contributed by atoms with Crippen LogP contribution >= 0.6 is 0 Å². The minimum atomic E-state index is 0.941. The molecule has 0 spiro atoms. The van der Waals surface area contributed by atoms with Crippen molar-refractivity contribution in [2.75, 3.05) is 0 Å². The molecule has 0 nitrogen and oxygen atoms in total. The highest BCUT2D eigenvalue weighted by molar-refractivity contribution is 5.91. The summed E-state index contributed by atoms with van der Waals surface area (Å²) in [5.41, 5.74) is 8.49. The van der Waals surface area contributed by atoms with Crippen LogP contribution < -0.4 is 0 Å². The fraction of sp³-hybridized carbons (Fsp3) is 0.250. The van der Waals surface area contributed by atoms with Gasteiger partial charge in [0, 0.05) is 0 Å². The normalized spacial score (nSPS) is 14.5. The Balaban J connectivity index is 1.94. The van der Waals surface area contributed by atoms with Crippen LogP contribution in [-0.2, 0) is 12.8 Å². The second kappa shape index (κ2) is 7.97. The Morgan fingerprint density at radius 1 is 0.625 bits per heavy atom. The Bertz CT molecular complexity index is 661. The van der Waals surface area contributed by atoms with Crippen molar-refractivity contribution in [3.63, 3.8) is 0 Å². The Kier molecular flexibility index (Phi) is 5.48. The minimum absolute atomic E-state index is 0.941. The van der Waals surface area contributed by atoms with Crippen LogP contribution in [0.25, 0.3) is 11.1 Å². The fourth-order valence-electron chi connectivity index (χ4n) is 3.56. The third-order valence-corrected chi connectivity index (χ3v) is 4.83. The largest absolute Gasteiger partial charge is 0.103 e. The van der Waals surface area contributed by atoms with E-state index in [1.165, 1.54) is 59.1 Å². The fourth-order valence-corrected chi connectivity index (χ4v) is 3.56. The number of hydrogen-bond acceptors (Lipinski definition) is 0. The van der Waals surface area contributed by atoms with Gasteiger partial charge in [-0.15, -0.1) is 13.2 Å². The van der Waals surface area contributed by atoms with Gasteiger partial charge < -0.3 is 0 Å². The van der Waals surface area contributed by atoms with E-state index in [4.69, 9.17) is 0 Å². The summed E-state index contributed by atoms with van der Waals surface area (Å²) < 4.78 is 0. The van der Waals surface area contributed by atoms with Crippen LogP contribution in [0.5, 0.6) is 0 Å². The maximum atomic E-state index is 3.82. The summed E-state index contributed by atoms with van der Waals surface area (Å²) in [4.78, 5) is 0. The first-order valence-corrected chi connectivity index (χ1v) is 8.94. The van der Waals surface area contributed by atoms with E-state index in [0.717, 1.165) is 12.8 Å². The first kappa shape index (κ1) is 16.5. The minimum Gasteiger partial charge on any atom is -0.103 e. The molecule has 2 aromatic rings. The Morgan fingerprint density at radius 3 is 1.33 bits per heavy atom. The lowest BCUT2D eigenvalue weighted by molar-refractivity contribution is 0.753. The van der Waals surface area contributed by atoms with Gasteiger partial charge in [-0.25, -0.2) is 0 Å². The Morgan fingerprint density at radius 2 is 1.00 bits per heavy atom. The standard InChI is InChI=1S/C24H26/c1-3-7-19-11-15-21(16-12-19)23-9-5-6-10-24(23)22-17-13-20(8-4-2)14-18-22/h3-4,11-18H,1-2,5-10H2. The summed E-state index contributed by atoms with van der Waals surface area (Å²) in [5, 5.41) is 0. The molecule has 0 amide bonds. The molecular formula is C24H26. The lowest BCUT2D eigenvalue weighted by Gasteiger charge is -2.21. The molecule has 0 bridgehead atoms. The molecule has 24 heavy (non-hydrogen) atoms. The highest BCUT2D eigenvalue weighted by atomic mass is 14.2. The van der Waals surface area contributed by atoms with Crippen molar-refractivity contribution in [3.8, 4) is 0 Å². The van der Waals surface area contributed by atoms with Gasteiger partial charge in [0.2, 0.25) is 0 Å². The van der Waals surface area contributed by atoms with Crippen LogP contribution in [0.1, 0.15) is 47.9 Å². The maximum absolute atomic E-state index is 3.82. The zero-order chi connectivity index (χ0) is 16.8. The van der Waals surface area contributed by atoms with Crippen LogP contribution in [0.3, 0.4) is 0 Å². The summed E-state index contributed by atoms with van der Waals surface area (Å²) in [5.74, 6) is 0. The van der Waals surface area contributed by atoms with E-state index in [-0.39, 0.29) is 0 Å². The topological polar surface area (TPSA) is 0 Å². The van der Waals surface area contributed by atoms with Crippen molar-refractivity contribution in [2.24, 2.45) is 0 Å². The average molecular weight is 314 g/mol. The van der Waals surface area contributed by atoms with Crippen molar-refractivity contribution in [1.29, 1.82) is 0 Å². The van der Waals surface area contributed by atoms with E-state index in [1.54, 1.807) is 0 Å². The molecule has 0 heteroatoms. The number of benzene rings is 2. The lowest BCUT2D eigenvalue weighted by atomic mass is 9.83. The number of hydrogen-bond donors (Lipinski definition) is 0. The van der Waals surface area contributed by atoms with Gasteiger partial charge in [0.25, 0.3) is 0 Å². The summed E-state index contributed by atoms with van der Waals surface area (Å²) >= 11 is 0. The Hall–Kier alpha value is -2.34. The molecule has 0 radical (unpaired) electrons. The first-order valence-electron chi connectivity index (χ1n) is 8.94. The molecule has 1 aliphatic carbocycles. The van der Waals surface area contributed by atoms with Crippen LogP contribution in [0.2, 0.25) is 0 Å². The highest BCUT2D eigenvalue weighted by Crippen LogP contribution is 2.38. The van der Waals surface area contributed by atoms with Crippen LogP contribution in [-0.4, -0.2) is 0 Å². The monoisotopic (exact) mass is 314 g/mol. The molecule has 3 rings (SSSR count). The molecule has 0 atom stereocenters. The highest BCUT2D eigenvalue weighted by Gasteiger charge is 2.16. The molecule has 122 valence electrons. The molecule has 0 saturated carbocycles. The first-order chi connectivity index (χ1) is 11.8. The summed E-state index contributed by atoms with van der Waals surface area (Å²) in [6, 6.07) is 18.1. The van der Waals surface area contributed by atoms with Crippen molar-refractivity contribution in [3.05, 3.63) is 96.1 Å². The van der Waals surface area contributed by atoms with Gasteiger partial charge in [-0.1, -0.05) is 60.7 Å². The third-order valence-electron chi connectivity index (χ3n) is 4.83. The van der Waals surface area contributed by atoms with Crippen molar-refractivity contribution < 1.29 is 0 Å². The summed E-state index contributed by atoms with van der Waals surface area (Å²) in [6.45, 7) is 7.65. The molecule has 0 unspecified atom stereocenters. The Labute approximate surface area is 146 Å². The van der Waals surface area contributed by atoms with Crippen molar-refractivity contribution in [1.82, 2.24) is 0 Å². The summed E-state index contributed by atoms with van der Waals surface area (Å²) in [7, 11) is 0. The van der Waals surface area contributed by atoms with Gasteiger partial charge in [0.1, 0.15) is 0 Å². The van der Waals surface area contributed by atoms with E-state index >= 15 is 0 Å². The van der Waals surface area contributed by atoms with E-state index in [2.05, 4.69) is 61.7 Å². The lowest BCUT2D eigenvalue weighted by Crippen LogP contribution is -2.00. The van der Waals surface area contributed by atoms with Gasteiger partial charge in [-0.2, -0.15) is 0 Å². The zero-order valence-corrected chi connectivity index (χ0v) is 14.4. The van der Waals surface area contributed by atoms with E-state index in [9.17, 15) is 0 Å². The quantitative estimate of drug-likeness (QED) is 0.525. The molecular weight excluding hydrogens is 288 g/mol. The molecule has 0 fully saturated rings. The molecule has 2 aromatic carbocycles. The van der Waals surface area contributed by atoms with Gasteiger partial charge in [0.05, 0.1) is 0 Å². The predicted octanol–water partition coefficient (Wildman–Crippen LogP) is 6.63. The van der Waals surface area contributed by atoms with Gasteiger partial charge in [0.15, 0.2) is 0 Å². The van der Waals surface area contributed by atoms with Gasteiger partial charge in [-0.3, -0.25) is 0 Å². The van der Waals surface area contributed by atoms with E-state index < -0.39 is 0 Å². The zero-order valence-electron chi connectivity index (χ0n) is 14.4. The predicted molar refractivity (Wildman–Crippen MR) is 106 cm³/mol. The summed E-state index contributed by atoms with van der Waals surface area (Å²) in [6.07, 6.45) is 10.8. The van der Waals surface area contributed by atoms with Crippen molar-refractivity contribution >= 4 is 11.1 Å². The van der Waals surface area contributed by atoms with Crippen molar-refractivity contribution in [2.45, 2.75) is 38.5 Å². The van der Waals surface area contributed by atoms with Gasteiger partial charge >= 0.3 is 0 Å². The SMILES string of the molecule is C=CCc1ccc(C2=C(c3ccc(CC=C)cc3)CCCC2)cc1. The molecule has 0 aromatic heterocycles. The number of allylic oxidation sites excluding steroid dienone is 4. The molecule has 0 saturated heterocycles. The van der Waals surface area contributed by atoms with E-state index in [0.29, 0.717) is 0 Å². The smallest absolute Gasteiger partial charge is 0.0100 e. The van der Waals surface area contributed by atoms with E-state index in [1.807, 2.05) is 12.2 Å². The molecule has 1 aliphatic rings. The molecule has 0 heterocycles. The average Bonchev–Trinajstić information content (AvgIpc) is 2.64. The van der Waals surface area contributed by atoms with Crippen LogP contribution in [0.15, 0.2) is 73.8 Å². The second-order valence-corrected chi connectivity index (χ2v) is 6.54. The molecule has 0 aliphatic heterocycles. The van der Waals surface area contributed by atoms with Crippen LogP contribution in [0, 0.1) is 0 Å². The van der Waals surface area contributed by atoms with Crippen LogP contribution in [0.4, 0.5) is 0 Å². The van der Waals surface area contributed by atoms with Gasteiger partial charge in [-0.05, 0) is 71.9 Å². The number of rotatable bonds is 6. The third kappa shape index (κ3) is 3.76. The second-order valence-electron chi connectivity index (χ2n) is 6.54.